The Hall–Kier alpha value is -2.26. The van der Waals surface area contributed by atoms with E-state index >= 15 is 0 Å². The highest BCUT2D eigenvalue weighted by Gasteiger charge is 2.12. The van der Waals surface area contributed by atoms with E-state index in [0.717, 1.165) is 6.54 Å². The van der Waals surface area contributed by atoms with Gasteiger partial charge >= 0.3 is 0 Å². The molecule has 1 N–H and O–H groups in total. The first-order valence-corrected chi connectivity index (χ1v) is 6.42. The smallest absolute Gasteiger partial charge is 0.266 e. The maximum atomic E-state index is 8.72. The Morgan fingerprint density at radius 2 is 2.10 bits per heavy atom. The summed E-state index contributed by atoms with van der Waals surface area (Å²) in [5.74, 6) is 0.947. The molecule has 0 amide bonds. The standard InChI is InChI=1S/C14H17N5O/c1-14(2,3)17-7-6-12-18-19-13(20-12)11-5-4-10(8-15)9-16-11/h4-5,9,17H,6-7H2,1-3H3. The van der Waals surface area contributed by atoms with Crippen molar-refractivity contribution < 1.29 is 4.42 Å². The molecule has 0 saturated heterocycles. The van der Waals surface area contributed by atoms with Crippen LogP contribution in [0.1, 0.15) is 32.2 Å². The first kappa shape index (κ1) is 14.2. The van der Waals surface area contributed by atoms with E-state index in [1.54, 1.807) is 12.1 Å². The molecule has 0 bridgehead atoms. The van der Waals surface area contributed by atoms with Crippen molar-refractivity contribution in [3.8, 4) is 17.7 Å². The number of nitrogens with one attached hydrogen (secondary N) is 1. The molecule has 0 fully saturated rings. The molecule has 6 heteroatoms. The summed E-state index contributed by atoms with van der Waals surface area (Å²) in [5.41, 5.74) is 1.15. The van der Waals surface area contributed by atoms with Gasteiger partial charge in [-0.3, -0.25) is 0 Å². The molecule has 0 aliphatic heterocycles. The monoisotopic (exact) mass is 271 g/mol. The summed E-state index contributed by atoms with van der Waals surface area (Å²) >= 11 is 0. The Kier molecular flexibility index (Phi) is 4.11. The second-order valence-corrected chi connectivity index (χ2v) is 5.47. The summed E-state index contributed by atoms with van der Waals surface area (Å²) in [6, 6.07) is 5.39. The molecule has 0 aliphatic rings. The lowest BCUT2D eigenvalue weighted by Gasteiger charge is -2.19. The van der Waals surface area contributed by atoms with Crippen LogP contribution in [0.3, 0.4) is 0 Å². The summed E-state index contributed by atoms with van der Waals surface area (Å²) in [6.45, 7) is 7.08. The average molecular weight is 271 g/mol. The topological polar surface area (TPSA) is 87.6 Å². The van der Waals surface area contributed by atoms with Crippen LogP contribution < -0.4 is 5.32 Å². The van der Waals surface area contributed by atoms with Gasteiger partial charge < -0.3 is 9.73 Å². The van der Waals surface area contributed by atoms with E-state index in [9.17, 15) is 0 Å². The minimum atomic E-state index is 0.0670. The van der Waals surface area contributed by atoms with E-state index < -0.39 is 0 Å². The zero-order valence-electron chi connectivity index (χ0n) is 11.8. The predicted molar refractivity (Wildman–Crippen MR) is 73.7 cm³/mol. The largest absolute Gasteiger partial charge is 0.419 e. The molecule has 0 unspecified atom stereocenters. The van der Waals surface area contributed by atoms with E-state index in [1.165, 1.54) is 6.20 Å². The van der Waals surface area contributed by atoms with Gasteiger partial charge in [-0.1, -0.05) is 0 Å². The highest BCUT2D eigenvalue weighted by molar-refractivity contribution is 5.47. The van der Waals surface area contributed by atoms with E-state index in [4.69, 9.17) is 9.68 Å². The predicted octanol–water partition coefficient (Wildman–Crippen LogP) is 1.93. The Morgan fingerprint density at radius 1 is 1.30 bits per heavy atom. The molecule has 0 spiro atoms. The van der Waals surface area contributed by atoms with Gasteiger partial charge in [-0.2, -0.15) is 5.26 Å². The number of nitrogens with zero attached hydrogens (tertiary/aromatic N) is 4. The lowest BCUT2D eigenvalue weighted by molar-refractivity contribution is 0.411. The summed E-state index contributed by atoms with van der Waals surface area (Å²) in [5, 5.41) is 20.0. The summed E-state index contributed by atoms with van der Waals surface area (Å²) < 4.78 is 5.55. The number of hydrogen-bond donors (Lipinski definition) is 1. The average Bonchev–Trinajstić information content (AvgIpc) is 2.86. The van der Waals surface area contributed by atoms with Crippen LogP contribution in [-0.4, -0.2) is 27.3 Å². The van der Waals surface area contributed by atoms with Crippen LogP contribution in [0.2, 0.25) is 0 Å². The molecule has 2 heterocycles. The minimum Gasteiger partial charge on any atom is -0.419 e. The number of pyridine rings is 1. The van der Waals surface area contributed by atoms with Gasteiger partial charge in [0.05, 0.1) is 5.56 Å². The maximum Gasteiger partial charge on any atom is 0.266 e. The van der Waals surface area contributed by atoms with Crippen molar-refractivity contribution in [3.05, 3.63) is 29.8 Å². The molecule has 20 heavy (non-hydrogen) atoms. The van der Waals surface area contributed by atoms with Crippen molar-refractivity contribution in [1.82, 2.24) is 20.5 Å². The van der Waals surface area contributed by atoms with Crippen LogP contribution in [0.4, 0.5) is 0 Å². The fourth-order valence-electron chi connectivity index (χ4n) is 1.59. The van der Waals surface area contributed by atoms with Gasteiger partial charge in [0.2, 0.25) is 5.89 Å². The SMILES string of the molecule is CC(C)(C)NCCc1nnc(-c2ccc(C#N)cn2)o1. The second-order valence-electron chi connectivity index (χ2n) is 5.47. The first-order valence-electron chi connectivity index (χ1n) is 6.42. The van der Waals surface area contributed by atoms with Gasteiger partial charge in [-0.25, -0.2) is 4.98 Å². The van der Waals surface area contributed by atoms with E-state index in [1.807, 2.05) is 6.07 Å². The molecule has 0 radical (unpaired) electrons. The van der Waals surface area contributed by atoms with Crippen molar-refractivity contribution in [1.29, 1.82) is 5.26 Å². The van der Waals surface area contributed by atoms with Gasteiger partial charge in [-0.05, 0) is 32.9 Å². The number of hydrogen-bond acceptors (Lipinski definition) is 6. The molecular formula is C14H17N5O. The van der Waals surface area contributed by atoms with Crippen molar-refractivity contribution in [2.24, 2.45) is 0 Å². The number of rotatable bonds is 4. The number of aromatic nitrogens is 3. The molecule has 104 valence electrons. The molecular weight excluding hydrogens is 254 g/mol. The molecule has 2 aromatic rings. The van der Waals surface area contributed by atoms with Crippen molar-refractivity contribution in [2.45, 2.75) is 32.7 Å². The van der Waals surface area contributed by atoms with Crippen LogP contribution in [0.15, 0.2) is 22.7 Å². The third-order valence-electron chi connectivity index (χ3n) is 2.57. The van der Waals surface area contributed by atoms with E-state index in [0.29, 0.717) is 29.5 Å². The Bertz CT molecular complexity index is 604. The normalized spacial score (nSPS) is 11.3. The molecule has 0 saturated carbocycles. The Morgan fingerprint density at radius 3 is 2.70 bits per heavy atom. The molecule has 2 aromatic heterocycles. The third-order valence-corrected chi connectivity index (χ3v) is 2.57. The van der Waals surface area contributed by atoms with Crippen LogP contribution >= 0.6 is 0 Å². The van der Waals surface area contributed by atoms with Gasteiger partial charge in [0.15, 0.2) is 0 Å². The molecule has 6 nitrogen and oxygen atoms in total. The zero-order chi connectivity index (χ0) is 14.6. The van der Waals surface area contributed by atoms with Crippen molar-refractivity contribution in [2.75, 3.05) is 6.54 Å². The first-order chi connectivity index (χ1) is 9.48. The quantitative estimate of drug-likeness (QED) is 0.914. The lowest BCUT2D eigenvalue weighted by atomic mass is 10.1. The van der Waals surface area contributed by atoms with E-state index in [2.05, 4.69) is 41.3 Å². The van der Waals surface area contributed by atoms with Crippen molar-refractivity contribution in [3.63, 3.8) is 0 Å². The third kappa shape index (κ3) is 3.87. The van der Waals surface area contributed by atoms with Crippen molar-refractivity contribution >= 4 is 0 Å². The summed E-state index contributed by atoms with van der Waals surface area (Å²) in [6.07, 6.45) is 2.15. The van der Waals surface area contributed by atoms with Crippen LogP contribution in [0.5, 0.6) is 0 Å². The molecule has 0 aromatic carbocycles. The van der Waals surface area contributed by atoms with Gasteiger partial charge in [-0.15, -0.1) is 10.2 Å². The summed E-state index contributed by atoms with van der Waals surface area (Å²) in [7, 11) is 0. The molecule has 0 atom stereocenters. The highest BCUT2D eigenvalue weighted by atomic mass is 16.4. The Balaban J connectivity index is 1.99. The van der Waals surface area contributed by atoms with Crippen LogP contribution in [-0.2, 0) is 6.42 Å². The summed E-state index contributed by atoms with van der Waals surface area (Å²) in [4.78, 5) is 4.12. The zero-order valence-corrected chi connectivity index (χ0v) is 11.8. The molecule has 0 aliphatic carbocycles. The minimum absolute atomic E-state index is 0.0670. The molecule has 2 rings (SSSR count). The van der Waals surface area contributed by atoms with E-state index in [-0.39, 0.29) is 5.54 Å². The fraction of sp³-hybridized carbons (Fsp3) is 0.429. The Labute approximate surface area is 117 Å². The highest BCUT2D eigenvalue weighted by Crippen LogP contribution is 2.15. The van der Waals surface area contributed by atoms with Crippen LogP contribution in [0.25, 0.3) is 11.6 Å². The van der Waals surface area contributed by atoms with Gasteiger partial charge in [0, 0.05) is 24.7 Å². The van der Waals surface area contributed by atoms with Crippen LogP contribution in [0, 0.1) is 11.3 Å². The number of nitriles is 1. The lowest BCUT2D eigenvalue weighted by Crippen LogP contribution is -2.37. The fourth-order valence-corrected chi connectivity index (χ4v) is 1.59. The second kappa shape index (κ2) is 5.80. The maximum absolute atomic E-state index is 8.72. The van der Waals surface area contributed by atoms with Gasteiger partial charge in [0.25, 0.3) is 5.89 Å². The van der Waals surface area contributed by atoms with Gasteiger partial charge in [0.1, 0.15) is 11.8 Å².